The van der Waals surface area contributed by atoms with Crippen LogP contribution in [0, 0.1) is 11.8 Å². The van der Waals surface area contributed by atoms with Crippen LogP contribution in [0.3, 0.4) is 0 Å². The molecule has 0 aliphatic carbocycles. The Morgan fingerprint density at radius 2 is 1.48 bits per heavy atom. The van der Waals surface area contributed by atoms with E-state index in [4.69, 9.17) is 0 Å². The van der Waals surface area contributed by atoms with Gasteiger partial charge in [0.05, 0.1) is 0 Å². The Morgan fingerprint density at radius 3 is 1.97 bits per heavy atom. The molecule has 0 bridgehead atoms. The first-order valence-corrected chi connectivity index (χ1v) is 11.9. The third kappa shape index (κ3) is 18.2. The topological polar surface area (TPSA) is 0 Å². The van der Waals surface area contributed by atoms with Crippen molar-refractivity contribution < 1.29 is 0 Å². The maximum atomic E-state index is 4.31. The maximum absolute atomic E-state index is 4.31. The molecule has 0 amide bonds. The molecule has 0 aliphatic heterocycles. The third-order valence-corrected chi connectivity index (χ3v) is 5.14. The molecule has 0 spiro atoms. The van der Waals surface area contributed by atoms with E-state index in [9.17, 15) is 0 Å². The lowest BCUT2D eigenvalue weighted by Gasteiger charge is -2.15. The van der Waals surface area contributed by atoms with Gasteiger partial charge in [0.1, 0.15) is 0 Å². The SMILES string of the molecule is C=C(/C=C\C(C)=C/C)CCC(C)C(=C)/C(C)=C\C=CCC(CC)CC.CC.CC. The van der Waals surface area contributed by atoms with E-state index in [1.165, 1.54) is 41.6 Å². The van der Waals surface area contributed by atoms with Crippen molar-refractivity contribution >= 4 is 0 Å². The third-order valence-electron chi connectivity index (χ3n) is 5.14. The lowest BCUT2D eigenvalue weighted by atomic mass is 9.90. The van der Waals surface area contributed by atoms with Gasteiger partial charge in [0.15, 0.2) is 0 Å². The predicted molar refractivity (Wildman–Crippen MR) is 140 cm³/mol. The molecule has 0 aromatic heterocycles. The highest BCUT2D eigenvalue weighted by Crippen LogP contribution is 2.24. The summed E-state index contributed by atoms with van der Waals surface area (Å²) in [6.07, 6.45) is 18.9. The van der Waals surface area contributed by atoms with E-state index in [0.717, 1.165) is 18.8 Å². The van der Waals surface area contributed by atoms with Crippen LogP contribution in [0.4, 0.5) is 0 Å². The molecule has 0 nitrogen and oxygen atoms in total. The van der Waals surface area contributed by atoms with Crippen molar-refractivity contribution in [3.05, 3.63) is 71.9 Å². The van der Waals surface area contributed by atoms with Crippen LogP contribution in [-0.2, 0) is 0 Å². The van der Waals surface area contributed by atoms with Crippen molar-refractivity contribution in [1.29, 1.82) is 0 Å². The van der Waals surface area contributed by atoms with Gasteiger partial charge >= 0.3 is 0 Å². The highest BCUT2D eigenvalue weighted by atomic mass is 14.1. The van der Waals surface area contributed by atoms with E-state index in [0.29, 0.717) is 5.92 Å². The van der Waals surface area contributed by atoms with Crippen LogP contribution in [0.15, 0.2) is 71.9 Å². The molecule has 0 saturated heterocycles. The summed E-state index contributed by atoms with van der Waals surface area (Å²) in [5, 5.41) is 0. The lowest BCUT2D eigenvalue weighted by Crippen LogP contribution is -2.00. The molecule has 0 saturated carbocycles. The maximum Gasteiger partial charge on any atom is -0.0190 e. The van der Waals surface area contributed by atoms with Crippen LogP contribution >= 0.6 is 0 Å². The second-order valence-electron chi connectivity index (χ2n) is 7.19. The Balaban J connectivity index is -0.00000158. The zero-order valence-corrected chi connectivity index (χ0v) is 21.6. The van der Waals surface area contributed by atoms with Crippen LogP contribution in [0.5, 0.6) is 0 Å². The zero-order chi connectivity index (χ0) is 23.2. The van der Waals surface area contributed by atoms with Gasteiger partial charge in [-0.2, -0.15) is 0 Å². The van der Waals surface area contributed by atoms with Gasteiger partial charge in [-0.3, -0.25) is 0 Å². The molecular formula is C29H52. The molecule has 0 N–H and O–H groups in total. The van der Waals surface area contributed by atoms with Crippen molar-refractivity contribution in [2.75, 3.05) is 0 Å². The molecule has 168 valence electrons. The molecule has 29 heavy (non-hydrogen) atoms. The van der Waals surface area contributed by atoms with E-state index in [2.05, 4.69) is 91.2 Å². The second kappa shape index (κ2) is 22.7. The Kier molecular flexibility index (Phi) is 25.2. The second-order valence-corrected chi connectivity index (χ2v) is 7.19. The molecule has 0 heterocycles. The molecular weight excluding hydrogens is 348 g/mol. The summed E-state index contributed by atoms with van der Waals surface area (Å²) in [7, 11) is 0. The molecule has 1 unspecified atom stereocenters. The van der Waals surface area contributed by atoms with Gasteiger partial charge in [-0.15, -0.1) is 0 Å². The van der Waals surface area contributed by atoms with Gasteiger partial charge in [-0.05, 0) is 63.0 Å². The monoisotopic (exact) mass is 400 g/mol. The van der Waals surface area contributed by atoms with Crippen molar-refractivity contribution in [3.8, 4) is 0 Å². The lowest BCUT2D eigenvalue weighted by molar-refractivity contribution is 0.500. The number of hydrogen-bond donors (Lipinski definition) is 0. The highest BCUT2D eigenvalue weighted by Gasteiger charge is 2.08. The quantitative estimate of drug-likeness (QED) is 0.286. The smallest absolute Gasteiger partial charge is 0.0190 e. The van der Waals surface area contributed by atoms with Crippen LogP contribution in [0.25, 0.3) is 0 Å². The Labute approximate surface area is 185 Å². The highest BCUT2D eigenvalue weighted by molar-refractivity contribution is 5.32. The molecule has 0 radical (unpaired) electrons. The zero-order valence-electron chi connectivity index (χ0n) is 21.6. The molecule has 0 heteroatoms. The van der Waals surface area contributed by atoms with Crippen LogP contribution in [-0.4, -0.2) is 0 Å². The fourth-order valence-corrected chi connectivity index (χ4v) is 2.61. The van der Waals surface area contributed by atoms with Crippen LogP contribution < -0.4 is 0 Å². The summed E-state index contributed by atoms with van der Waals surface area (Å²) in [5.74, 6) is 1.30. The minimum Gasteiger partial charge on any atom is -0.0958 e. The summed E-state index contributed by atoms with van der Waals surface area (Å²) in [6, 6.07) is 0. The van der Waals surface area contributed by atoms with E-state index in [-0.39, 0.29) is 0 Å². The first-order chi connectivity index (χ1) is 13.8. The first kappa shape index (κ1) is 32.1. The molecule has 0 aliphatic rings. The van der Waals surface area contributed by atoms with E-state index < -0.39 is 0 Å². The molecule has 1 atom stereocenters. The molecule has 0 fully saturated rings. The average molecular weight is 401 g/mol. The minimum atomic E-state index is 0.483. The van der Waals surface area contributed by atoms with Crippen LogP contribution in [0.2, 0.25) is 0 Å². The number of rotatable bonds is 12. The Bertz CT molecular complexity index is 518. The largest absolute Gasteiger partial charge is 0.0958 e. The number of allylic oxidation sites excluding steroid dienone is 10. The molecule has 0 aromatic carbocycles. The summed E-state index contributed by atoms with van der Waals surface area (Å²) >= 11 is 0. The minimum absolute atomic E-state index is 0.483. The standard InChI is InChI=1S/C25H40.2C2H6/c1-9-20(4)16-17-21(5)18-19-23(7)24(8)22(6)14-12-13-15-25(10-2)11-3;2*1-2/h9,12-14,16-17,23,25H,5,8,10-11,15,18-19H2,1-4,6-7H3;2*1-2H3/b13-12?,17-16-,20-9-,22-14-;;. The van der Waals surface area contributed by atoms with Crippen LogP contribution in [0.1, 0.15) is 101 Å². The number of hydrogen-bond acceptors (Lipinski definition) is 0. The van der Waals surface area contributed by atoms with Gasteiger partial charge in [-0.25, -0.2) is 0 Å². The van der Waals surface area contributed by atoms with Gasteiger partial charge in [0.2, 0.25) is 0 Å². The van der Waals surface area contributed by atoms with Crippen molar-refractivity contribution in [2.45, 2.75) is 101 Å². The van der Waals surface area contributed by atoms with Crippen molar-refractivity contribution in [2.24, 2.45) is 11.8 Å². The fraction of sp³-hybridized carbons (Fsp3) is 0.586. The average Bonchev–Trinajstić information content (AvgIpc) is 2.77. The van der Waals surface area contributed by atoms with Gasteiger partial charge < -0.3 is 0 Å². The Hall–Kier alpha value is -1.56. The van der Waals surface area contributed by atoms with Gasteiger partial charge in [0.25, 0.3) is 0 Å². The summed E-state index contributed by atoms with van der Waals surface area (Å²) < 4.78 is 0. The normalized spacial score (nSPS) is 13.1. The van der Waals surface area contributed by atoms with Gasteiger partial charge in [-0.1, -0.05) is 122 Å². The molecule has 0 aromatic rings. The van der Waals surface area contributed by atoms with Crippen molar-refractivity contribution in [1.82, 2.24) is 0 Å². The summed E-state index contributed by atoms with van der Waals surface area (Å²) in [4.78, 5) is 0. The van der Waals surface area contributed by atoms with E-state index >= 15 is 0 Å². The summed E-state index contributed by atoms with van der Waals surface area (Å²) in [5.41, 5.74) is 5.00. The van der Waals surface area contributed by atoms with E-state index in [1.54, 1.807) is 0 Å². The van der Waals surface area contributed by atoms with Gasteiger partial charge in [0, 0.05) is 0 Å². The molecule has 0 rings (SSSR count). The van der Waals surface area contributed by atoms with E-state index in [1.807, 2.05) is 27.7 Å². The fourth-order valence-electron chi connectivity index (χ4n) is 2.61. The predicted octanol–water partition coefficient (Wildman–Crippen LogP) is 10.4. The first-order valence-electron chi connectivity index (χ1n) is 11.9. The van der Waals surface area contributed by atoms with Crippen molar-refractivity contribution in [3.63, 3.8) is 0 Å². The summed E-state index contributed by atoms with van der Waals surface area (Å²) in [6.45, 7) is 29.6. The Morgan fingerprint density at radius 1 is 0.931 bits per heavy atom.